The van der Waals surface area contributed by atoms with E-state index in [1.54, 1.807) is 0 Å². The molecule has 1 aromatic heterocycles. The van der Waals surface area contributed by atoms with E-state index < -0.39 is 17.1 Å². The molecule has 0 aliphatic carbocycles. The van der Waals surface area contributed by atoms with Crippen molar-refractivity contribution >= 4 is 31.4 Å². The number of nitrogens with zero attached hydrogens (tertiary/aromatic N) is 2. The summed E-state index contributed by atoms with van der Waals surface area (Å²) in [5.41, 5.74) is -0.663. The molecular weight excluding hydrogens is 300 g/mol. The molecule has 20 heavy (non-hydrogen) atoms. The smallest absolute Gasteiger partial charge is 0.360 e. The number of benzene rings is 1. The van der Waals surface area contributed by atoms with Crippen LogP contribution in [0.3, 0.4) is 0 Å². The second-order valence-electron chi connectivity index (χ2n) is 3.80. The molecule has 0 bridgehead atoms. The molecule has 0 aliphatic heterocycles. The fraction of sp³-hybridized carbons (Fsp3) is 0.0833. The third-order valence-corrected chi connectivity index (χ3v) is 3.28. The molecule has 0 saturated carbocycles. The van der Waals surface area contributed by atoms with Crippen LogP contribution in [0.1, 0.15) is 16.1 Å². The molecule has 1 aromatic carbocycles. The van der Waals surface area contributed by atoms with Crippen molar-refractivity contribution in [3.05, 3.63) is 51.8 Å². The molecule has 0 fully saturated rings. The average Bonchev–Trinajstić information content (AvgIpc) is 2.43. The number of ether oxygens (including phenoxy) is 1. The van der Waals surface area contributed by atoms with Crippen LogP contribution in [0, 0.1) is 0 Å². The first-order chi connectivity index (χ1) is 9.50. The van der Waals surface area contributed by atoms with Crippen LogP contribution in [-0.2, 0) is 6.61 Å². The molecule has 0 aliphatic rings. The van der Waals surface area contributed by atoms with E-state index in [-0.39, 0.29) is 17.4 Å². The van der Waals surface area contributed by atoms with Crippen molar-refractivity contribution < 1.29 is 14.6 Å². The normalized spacial score (nSPS) is 10.3. The number of aromatic nitrogens is 2. The van der Waals surface area contributed by atoms with E-state index >= 15 is 0 Å². The average molecular weight is 310 g/mol. The van der Waals surface area contributed by atoms with Crippen LogP contribution in [0.25, 0.3) is 0 Å². The van der Waals surface area contributed by atoms with E-state index in [1.165, 1.54) is 0 Å². The molecule has 1 N–H and O–H groups in total. The van der Waals surface area contributed by atoms with Gasteiger partial charge in [-0.3, -0.25) is 4.79 Å². The van der Waals surface area contributed by atoms with Crippen LogP contribution in [-0.4, -0.2) is 20.3 Å². The maximum Gasteiger partial charge on any atom is 0.360 e. The summed E-state index contributed by atoms with van der Waals surface area (Å²) in [5, 5.41) is 12.4. The van der Waals surface area contributed by atoms with Crippen molar-refractivity contribution in [2.45, 2.75) is 11.6 Å². The third-order valence-electron chi connectivity index (χ3n) is 2.44. The molecular formula is C12H10N2O4S2. The minimum atomic E-state index is -1.45. The molecule has 1 heterocycles. The lowest BCUT2D eigenvalue weighted by Crippen LogP contribution is -2.23. The molecule has 2 aromatic rings. The van der Waals surface area contributed by atoms with Gasteiger partial charge in [-0.15, -0.1) is 17.7 Å². The molecule has 2 rings (SSSR count). The van der Waals surface area contributed by atoms with E-state index in [2.05, 4.69) is 30.5 Å². The number of carboxylic acids is 1. The molecule has 0 amide bonds. The van der Waals surface area contributed by atoms with Crippen molar-refractivity contribution in [1.29, 1.82) is 0 Å². The Hall–Kier alpha value is -1.93. The summed E-state index contributed by atoms with van der Waals surface area (Å²) >= 11 is 7.96. The van der Waals surface area contributed by atoms with E-state index in [0.717, 1.165) is 9.65 Å². The number of thiol groups is 2. The van der Waals surface area contributed by atoms with Crippen LogP contribution in [0.15, 0.2) is 40.2 Å². The van der Waals surface area contributed by atoms with Gasteiger partial charge in [0.25, 0.3) is 5.43 Å². The topological polar surface area (TPSA) is 81.4 Å². The van der Waals surface area contributed by atoms with E-state index in [0.29, 0.717) is 0 Å². The standard InChI is InChI=1S/C12H10N2O4S2/c15-9-8(12(16)17)13-14(20)11(19)10(9)18-6-7-4-2-1-3-5-7/h1-5,19-20H,6H2,(H,16,17). The van der Waals surface area contributed by atoms with Crippen LogP contribution in [0.2, 0.25) is 0 Å². The molecule has 0 atom stereocenters. The molecule has 6 nitrogen and oxygen atoms in total. The maximum atomic E-state index is 11.9. The molecule has 8 heteroatoms. The quantitative estimate of drug-likeness (QED) is 0.746. The maximum absolute atomic E-state index is 11.9. The Balaban J connectivity index is 2.36. The highest BCUT2D eigenvalue weighted by atomic mass is 32.1. The number of aromatic carboxylic acids is 1. The number of carbonyl (C=O) groups is 1. The van der Waals surface area contributed by atoms with Crippen molar-refractivity contribution in [3.8, 4) is 5.75 Å². The lowest BCUT2D eigenvalue weighted by molar-refractivity contribution is 0.0685. The largest absolute Gasteiger partial charge is 0.482 e. The predicted molar refractivity (Wildman–Crippen MR) is 77.9 cm³/mol. The first-order valence-corrected chi connectivity index (χ1v) is 6.31. The first kappa shape index (κ1) is 14.5. The zero-order chi connectivity index (χ0) is 14.7. The molecule has 0 unspecified atom stereocenters. The monoisotopic (exact) mass is 310 g/mol. The predicted octanol–water partition coefficient (Wildman–Crippen LogP) is 1.50. The summed E-state index contributed by atoms with van der Waals surface area (Å²) in [6.45, 7) is 0.112. The van der Waals surface area contributed by atoms with Gasteiger partial charge in [-0.1, -0.05) is 30.3 Å². The van der Waals surface area contributed by atoms with Crippen LogP contribution in [0.5, 0.6) is 5.75 Å². The van der Waals surface area contributed by atoms with Crippen LogP contribution in [0.4, 0.5) is 0 Å². The highest BCUT2D eigenvalue weighted by Gasteiger charge is 2.20. The molecule has 0 radical (unpaired) electrons. The first-order valence-electron chi connectivity index (χ1n) is 5.46. The number of rotatable bonds is 4. The molecule has 0 spiro atoms. The summed E-state index contributed by atoms with van der Waals surface area (Å²) in [4.78, 5) is 22.9. The Morgan fingerprint density at radius 1 is 1.35 bits per heavy atom. The van der Waals surface area contributed by atoms with Gasteiger partial charge in [0.05, 0.1) is 0 Å². The fourth-order valence-corrected chi connectivity index (χ4v) is 1.88. The lowest BCUT2D eigenvalue weighted by atomic mass is 10.2. The second-order valence-corrected chi connectivity index (χ2v) is 4.60. The van der Waals surface area contributed by atoms with E-state index in [1.807, 2.05) is 30.3 Å². The van der Waals surface area contributed by atoms with E-state index in [9.17, 15) is 9.59 Å². The Bertz CT molecular complexity index is 701. The zero-order valence-corrected chi connectivity index (χ0v) is 11.8. The summed E-state index contributed by atoms with van der Waals surface area (Å²) < 4.78 is 6.25. The van der Waals surface area contributed by atoms with Crippen LogP contribution >= 0.6 is 25.4 Å². The second kappa shape index (κ2) is 6.02. The lowest BCUT2D eigenvalue weighted by Gasteiger charge is -2.10. The molecule has 104 valence electrons. The summed E-state index contributed by atoms with van der Waals surface area (Å²) in [6, 6.07) is 9.13. The van der Waals surface area contributed by atoms with Crippen molar-refractivity contribution in [2.24, 2.45) is 0 Å². The molecule has 0 saturated heterocycles. The highest BCUT2D eigenvalue weighted by molar-refractivity contribution is 7.82. The summed E-state index contributed by atoms with van der Waals surface area (Å²) in [5.74, 6) is -1.64. The zero-order valence-electron chi connectivity index (χ0n) is 10.1. The van der Waals surface area contributed by atoms with Gasteiger partial charge in [0, 0.05) is 0 Å². The van der Waals surface area contributed by atoms with Gasteiger partial charge < -0.3 is 9.84 Å². The number of carboxylic acid groups (broad SMARTS) is 1. The Morgan fingerprint density at radius 2 is 2.00 bits per heavy atom. The van der Waals surface area contributed by atoms with Gasteiger partial charge in [-0.2, -0.15) is 4.09 Å². The van der Waals surface area contributed by atoms with Gasteiger partial charge in [0.2, 0.25) is 11.4 Å². The third kappa shape index (κ3) is 2.97. The summed E-state index contributed by atoms with van der Waals surface area (Å²) in [6.07, 6.45) is 0. The Labute approximate surface area is 125 Å². The number of hydrogen-bond acceptors (Lipinski definition) is 6. The van der Waals surface area contributed by atoms with Gasteiger partial charge in [0.15, 0.2) is 0 Å². The van der Waals surface area contributed by atoms with Crippen molar-refractivity contribution in [3.63, 3.8) is 0 Å². The fourth-order valence-electron chi connectivity index (χ4n) is 1.49. The Kier molecular flexibility index (Phi) is 4.35. The Morgan fingerprint density at radius 3 is 2.60 bits per heavy atom. The minimum absolute atomic E-state index is 0.0410. The van der Waals surface area contributed by atoms with Gasteiger partial charge >= 0.3 is 5.97 Å². The van der Waals surface area contributed by atoms with Crippen molar-refractivity contribution in [2.75, 3.05) is 0 Å². The minimum Gasteiger partial charge on any atom is -0.482 e. The SMILES string of the molecule is O=C(O)c1nn(S)c(S)c(OCc2ccccc2)c1=O. The highest BCUT2D eigenvalue weighted by Crippen LogP contribution is 2.19. The van der Waals surface area contributed by atoms with Gasteiger partial charge in [-0.05, 0) is 18.4 Å². The van der Waals surface area contributed by atoms with E-state index in [4.69, 9.17) is 9.84 Å². The van der Waals surface area contributed by atoms with Crippen molar-refractivity contribution in [1.82, 2.24) is 9.19 Å². The van der Waals surface area contributed by atoms with Gasteiger partial charge in [0.1, 0.15) is 11.6 Å². The van der Waals surface area contributed by atoms with Gasteiger partial charge in [-0.25, -0.2) is 4.79 Å². The summed E-state index contributed by atoms with van der Waals surface area (Å²) in [7, 11) is 0. The number of hydrogen-bond donors (Lipinski definition) is 3. The van der Waals surface area contributed by atoms with Crippen LogP contribution < -0.4 is 10.2 Å².